The number of carboxylic acids is 1. The van der Waals surface area contributed by atoms with Crippen molar-refractivity contribution in [1.82, 2.24) is 4.98 Å². The molecule has 0 saturated heterocycles. The number of aromatic nitrogens is 1. The van der Waals surface area contributed by atoms with E-state index in [1.165, 1.54) is 0 Å². The molecule has 2 rings (SSSR count). The Kier molecular flexibility index (Phi) is 3.58. The van der Waals surface area contributed by atoms with Crippen LogP contribution in [0.5, 0.6) is 0 Å². The molecule has 0 spiro atoms. The Balaban J connectivity index is 2.48. The number of carbonyl (C=O) groups is 3. The maximum atomic E-state index is 11.8. The lowest BCUT2D eigenvalue weighted by molar-refractivity contribution is -0.141. The molecule has 0 bridgehead atoms. The molecule has 0 saturated carbocycles. The topological polar surface area (TPSA) is 148 Å². The first-order chi connectivity index (χ1) is 9.70. The molecule has 1 heterocycles. The van der Waals surface area contributed by atoms with E-state index in [9.17, 15) is 22.8 Å². The Morgan fingerprint density at radius 2 is 1.95 bits per heavy atom. The van der Waals surface area contributed by atoms with Gasteiger partial charge in [0.2, 0.25) is 5.78 Å². The average molecular weight is 313 g/mol. The summed E-state index contributed by atoms with van der Waals surface area (Å²) in [6, 6.07) is 0.808. The maximum Gasteiger partial charge on any atom is 0.341 e. The van der Waals surface area contributed by atoms with Crippen molar-refractivity contribution >= 4 is 33.7 Å². The second-order valence-electron chi connectivity index (χ2n) is 3.93. The molecule has 1 aromatic heterocycles. The van der Waals surface area contributed by atoms with Gasteiger partial charge in [0.15, 0.2) is 12.4 Å². The van der Waals surface area contributed by atoms with E-state index in [1.807, 2.05) is 0 Å². The molecule has 1 aromatic rings. The zero-order valence-corrected chi connectivity index (χ0v) is 11.0. The summed E-state index contributed by atoms with van der Waals surface area (Å²) < 4.78 is 35.5. The van der Waals surface area contributed by atoms with Crippen molar-refractivity contribution < 1.29 is 37.2 Å². The lowest BCUT2D eigenvalue weighted by atomic mass is 9.98. The molecule has 1 aliphatic carbocycles. The van der Waals surface area contributed by atoms with Crippen LogP contribution in [0.2, 0.25) is 0 Å². The van der Waals surface area contributed by atoms with E-state index < -0.39 is 44.9 Å². The van der Waals surface area contributed by atoms with E-state index in [0.717, 1.165) is 18.3 Å². The number of pyridine rings is 1. The van der Waals surface area contributed by atoms with E-state index >= 15 is 0 Å². The molecule has 10 heteroatoms. The van der Waals surface area contributed by atoms with Gasteiger partial charge in [-0.15, -0.1) is 0 Å². The van der Waals surface area contributed by atoms with Crippen LogP contribution < -0.4 is 0 Å². The summed E-state index contributed by atoms with van der Waals surface area (Å²) >= 11 is 0. The van der Waals surface area contributed by atoms with E-state index in [4.69, 9.17) is 9.66 Å². The van der Waals surface area contributed by atoms with E-state index in [1.54, 1.807) is 0 Å². The molecule has 9 nitrogen and oxygen atoms in total. The fourth-order valence-electron chi connectivity index (χ4n) is 1.56. The van der Waals surface area contributed by atoms with E-state index in [2.05, 4.69) is 9.72 Å². The van der Waals surface area contributed by atoms with Crippen molar-refractivity contribution in [1.29, 1.82) is 0 Å². The molecule has 0 aliphatic heterocycles. The van der Waals surface area contributed by atoms with Crippen molar-refractivity contribution in [2.24, 2.45) is 0 Å². The number of ketones is 2. The largest absolute Gasteiger partial charge is 0.479 e. The Bertz CT molecular complexity index is 792. The first kappa shape index (κ1) is 14.8. The minimum atomic E-state index is -4.57. The molecule has 0 amide bonds. The number of allylic oxidation sites excluding steroid dienone is 1. The van der Waals surface area contributed by atoms with Crippen molar-refractivity contribution in [2.45, 2.75) is 4.90 Å². The number of fused-ring (bicyclic) bond motifs is 1. The molecule has 2 N–H and O–H groups in total. The monoisotopic (exact) mass is 313 g/mol. The molecule has 1 aliphatic rings. The van der Waals surface area contributed by atoms with E-state index in [-0.39, 0.29) is 11.3 Å². The van der Waals surface area contributed by atoms with Gasteiger partial charge in [0.25, 0.3) is 15.9 Å². The standard InChI is InChI=1S/C11H7NO8S/c13-9(14)4-20-8-2-7-6(10(15)11(8)16)1-5(3-12-7)21(17,18)19/h1-3H,4H2,(H,13,14)(H,17,18,19). The SMILES string of the molecule is O=C(O)COC1=Cc2ncc(S(=O)(=O)O)cc2C(=O)C1=O. The number of rotatable bonds is 4. The number of hydrogen-bond acceptors (Lipinski definition) is 7. The predicted molar refractivity (Wildman–Crippen MR) is 65.0 cm³/mol. The fraction of sp³-hybridized carbons (Fsp3) is 0.0909. The zero-order valence-electron chi connectivity index (χ0n) is 10.1. The molecular weight excluding hydrogens is 306 g/mol. The summed E-state index contributed by atoms with van der Waals surface area (Å²) in [6.07, 6.45) is 1.82. The highest BCUT2D eigenvalue weighted by atomic mass is 32.2. The van der Waals surface area contributed by atoms with Crippen molar-refractivity contribution in [2.75, 3.05) is 6.61 Å². The van der Waals surface area contributed by atoms with Gasteiger partial charge in [0.05, 0.1) is 11.3 Å². The van der Waals surface area contributed by atoms with Gasteiger partial charge in [-0.1, -0.05) is 0 Å². The highest BCUT2D eigenvalue weighted by Crippen LogP contribution is 2.23. The van der Waals surface area contributed by atoms with Gasteiger partial charge >= 0.3 is 5.97 Å². The van der Waals surface area contributed by atoms with Gasteiger partial charge in [0.1, 0.15) is 4.90 Å². The van der Waals surface area contributed by atoms with Crippen LogP contribution in [0.4, 0.5) is 0 Å². The van der Waals surface area contributed by atoms with Gasteiger partial charge in [-0.25, -0.2) is 4.79 Å². The third-order valence-corrected chi connectivity index (χ3v) is 3.30. The molecule has 21 heavy (non-hydrogen) atoms. The second-order valence-corrected chi connectivity index (χ2v) is 5.35. The Hall–Kier alpha value is -2.59. The quantitative estimate of drug-likeness (QED) is 0.556. The summed E-state index contributed by atoms with van der Waals surface area (Å²) in [5.41, 5.74) is -0.384. The second kappa shape index (κ2) is 5.07. The number of nitrogens with zero attached hydrogens (tertiary/aromatic N) is 1. The molecule has 0 fully saturated rings. The van der Waals surface area contributed by atoms with Gasteiger partial charge < -0.3 is 9.84 Å². The van der Waals surface area contributed by atoms with Crippen LogP contribution in [-0.4, -0.2) is 47.2 Å². The van der Waals surface area contributed by atoms with Crippen LogP contribution in [0, 0.1) is 0 Å². The Morgan fingerprint density at radius 3 is 2.52 bits per heavy atom. The number of hydrogen-bond donors (Lipinski definition) is 2. The average Bonchev–Trinajstić information content (AvgIpc) is 2.39. The number of carbonyl (C=O) groups excluding carboxylic acids is 2. The van der Waals surface area contributed by atoms with Crippen LogP contribution in [-0.2, 0) is 24.4 Å². The lowest BCUT2D eigenvalue weighted by Crippen LogP contribution is -2.25. The zero-order chi connectivity index (χ0) is 15.8. The van der Waals surface area contributed by atoms with Crippen LogP contribution in [0.1, 0.15) is 16.1 Å². The van der Waals surface area contributed by atoms with Crippen LogP contribution >= 0.6 is 0 Å². The third-order valence-electron chi connectivity index (χ3n) is 2.48. The first-order valence-electron chi connectivity index (χ1n) is 5.33. The normalized spacial score (nSPS) is 14.4. The number of Topliss-reactive ketones (excluding diaryl/α,β-unsaturated/α-hetero) is 2. The molecule has 0 unspecified atom stereocenters. The highest BCUT2D eigenvalue weighted by Gasteiger charge is 2.31. The fourth-order valence-corrected chi connectivity index (χ4v) is 2.02. The minimum Gasteiger partial charge on any atom is -0.479 e. The Labute approximate surface area is 117 Å². The molecule has 110 valence electrons. The highest BCUT2D eigenvalue weighted by molar-refractivity contribution is 7.85. The molecule has 0 atom stereocenters. The van der Waals surface area contributed by atoms with Crippen LogP contribution in [0.15, 0.2) is 22.9 Å². The van der Waals surface area contributed by atoms with Crippen molar-refractivity contribution in [3.8, 4) is 0 Å². The summed E-state index contributed by atoms with van der Waals surface area (Å²) in [5, 5.41) is 8.46. The van der Waals surface area contributed by atoms with Crippen molar-refractivity contribution in [3.05, 3.63) is 29.3 Å². The third kappa shape index (κ3) is 2.95. The van der Waals surface area contributed by atoms with Gasteiger partial charge in [-0.2, -0.15) is 8.42 Å². The van der Waals surface area contributed by atoms with Crippen molar-refractivity contribution in [3.63, 3.8) is 0 Å². The molecular formula is C11H7NO8S. The number of aliphatic carboxylic acids is 1. The van der Waals surface area contributed by atoms with Gasteiger partial charge in [0, 0.05) is 12.3 Å². The Morgan fingerprint density at radius 1 is 1.29 bits per heavy atom. The smallest absolute Gasteiger partial charge is 0.341 e. The summed E-state index contributed by atoms with van der Waals surface area (Å²) in [5.74, 6) is -4.07. The molecule has 0 radical (unpaired) electrons. The predicted octanol–water partition coefficient (Wildman–Crippen LogP) is -0.464. The summed E-state index contributed by atoms with van der Waals surface area (Å²) in [4.78, 5) is 36.9. The van der Waals surface area contributed by atoms with Crippen LogP contribution in [0.25, 0.3) is 6.08 Å². The minimum absolute atomic E-state index is 0.0626. The lowest BCUT2D eigenvalue weighted by Gasteiger charge is -2.14. The number of carboxylic acid groups (broad SMARTS) is 1. The van der Waals surface area contributed by atoms with Gasteiger partial charge in [-0.3, -0.25) is 19.1 Å². The van der Waals surface area contributed by atoms with Gasteiger partial charge in [-0.05, 0) is 6.07 Å². The molecule has 0 aromatic carbocycles. The maximum absolute atomic E-state index is 11.8. The summed E-state index contributed by atoms with van der Waals surface area (Å²) in [6.45, 7) is -0.816. The number of ether oxygens (including phenoxy) is 1. The summed E-state index contributed by atoms with van der Waals surface area (Å²) in [7, 11) is -4.57. The van der Waals surface area contributed by atoms with Crippen LogP contribution in [0.3, 0.4) is 0 Å². The van der Waals surface area contributed by atoms with E-state index in [0.29, 0.717) is 0 Å². The first-order valence-corrected chi connectivity index (χ1v) is 6.77.